The van der Waals surface area contributed by atoms with Crippen LogP contribution < -0.4 is 29.1 Å². The minimum Gasteiger partial charge on any atom is -0.543 e. The average molecular weight is 144 g/mol. The van der Waals surface area contributed by atoms with E-state index in [1.54, 1.807) is 0 Å². The van der Waals surface area contributed by atoms with E-state index in [1.807, 2.05) is 0 Å². The summed E-state index contributed by atoms with van der Waals surface area (Å²) in [5.74, 6) is -4.37. The Balaban J connectivity index is -0.000000107. The monoisotopic (exact) mass is 144 g/mol. The number of rotatable bonds is 0. The second-order valence-electron chi connectivity index (χ2n) is 0.657. The van der Waals surface area contributed by atoms with Crippen molar-refractivity contribution >= 4 is 19.8 Å². The van der Waals surface area contributed by atoms with Crippen molar-refractivity contribution in [1.29, 1.82) is 0 Å². The smallest absolute Gasteiger partial charge is 0.543 e. The number of hydrogen-bond acceptors (Lipinski definition) is 4. The number of aliphatic carboxylic acids is 2. The second kappa shape index (κ2) is 11.3. The molecule has 0 saturated heterocycles. The van der Waals surface area contributed by atoms with Gasteiger partial charge in [-0.05, 0) is 0 Å². The van der Waals surface area contributed by atoms with Gasteiger partial charge in [0, 0.05) is 0 Å². The van der Waals surface area contributed by atoms with Crippen molar-refractivity contribution in [2.24, 2.45) is 0 Å². The van der Waals surface area contributed by atoms with Crippen LogP contribution in [0, 0.1) is 0 Å². The fourth-order valence-corrected chi connectivity index (χ4v) is 0. The normalized spacial score (nSPS) is 5.40. The number of carbonyl (C=O) groups is 2. The van der Waals surface area contributed by atoms with Crippen LogP contribution in [0.2, 0.25) is 0 Å². The van der Waals surface area contributed by atoms with Gasteiger partial charge < -0.3 is 19.8 Å². The summed E-state index contributed by atoms with van der Waals surface area (Å²) in [6.07, 6.45) is 0. The molecule has 0 aliphatic rings. The molecule has 0 aromatic rings. The molecule has 0 aliphatic heterocycles. The molecule has 0 saturated carbocycles. The minimum absolute atomic E-state index is 0. The van der Waals surface area contributed by atoms with Gasteiger partial charge in [0.1, 0.15) is 0 Å². The molecule has 0 amide bonds. The van der Waals surface area contributed by atoms with Crippen molar-refractivity contribution in [3.05, 3.63) is 0 Å². The Morgan fingerprint density at radius 1 is 1.10 bits per heavy atom. The van der Waals surface area contributed by atoms with Gasteiger partial charge in [-0.25, -0.2) is 0 Å². The predicted octanol–water partition coefficient (Wildman–Crippen LogP) is -6.05. The number of halogens is 2. The first-order valence-corrected chi connectivity index (χ1v) is 1.50. The average Bonchev–Trinajstić information content (AvgIpc) is 1.68. The molecule has 0 aromatic heterocycles. The molecule has 0 unspecified atom stereocenters. The van der Waals surface area contributed by atoms with Crippen LogP contribution in [0.15, 0.2) is 0 Å². The van der Waals surface area contributed by atoms with E-state index in [4.69, 9.17) is 19.8 Å². The van der Waals surface area contributed by atoms with E-state index in [9.17, 15) is 8.63 Å². The molecule has 0 bridgehead atoms. The van der Waals surface area contributed by atoms with Crippen LogP contribution in [0.1, 0.15) is 0 Å². The van der Waals surface area contributed by atoms with Crippen LogP contribution in [-0.2, 0) is 9.59 Å². The van der Waals surface area contributed by atoms with Gasteiger partial charge in [0.25, 0.3) is 0 Å². The molecule has 0 rings (SSSR count). The minimum atomic E-state index is -2.19. The molecule has 0 aliphatic carbocycles. The van der Waals surface area contributed by atoms with Crippen molar-refractivity contribution < 1.29 is 47.3 Å². The maximum atomic E-state index is 9.50. The van der Waals surface area contributed by atoms with Gasteiger partial charge in [0.05, 0.1) is 11.9 Å². The molecule has 0 atom stereocenters. The standard InChI is InChI=1S/C2H2O4.BF2.Li/c3-1(4)2(5)6;2-1-3;/h(H,3,4)(H,5,6);;/q;2*+1/p-2. The van der Waals surface area contributed by atoms with Crippen molar-refractivity contribution in [1.82, 2.24) is 0 Å². The van der Waals surface area contributed by atoms with Gasteiger partial charge in [-0.1, -0.05) is 0 Å². The molecule has 0 heterocycles. The molecule has 0 N–H and O–H groups in total. The Kier molecular flexibility index (Phi) is 18.3. The van der Waals surface area contributed by atoms with Crippen molar-refractivity contribution in [2.45, 2.75) is 0 Å². The predicted molar refractivity (Wildman–Crippen MR) is 18.0 cm³/mol. The Morgan fingerprint density at radius 3 is 1.20 bits per heavy atom. The molecule has 0 spiro atoms. The molecule has 8 heteroatoms. The zero-order chi connectivity index (χ0) is 7.86. The van der Waals surface area contributed by atoms with Crippen LogP contribution >= 0.6 is 0 Å². The van der Waals surface area contributed by atoms with Gasteiger partial charge in [-0.3, -0.25) is 0 Å². The summed E-state index contributed by atoms with van der Waals surface area (Å²) in [5.41, 5.74) is 0. The first kappa shape index (κ1) is 16.2. The van der Waals surface area contributed by atoms with Gasteiger partial charge in [0.2, 0.25) is 0 Å². The first-order valence-electron chi connectivity index (χ1n) is 1.50. The zero-order valence-electron chi connectivity index (χ0n) is 4.97. The van der Waals surface area contributed by atoms with Gasteiger partial charge in [-0.15, -0.1) is 0 Å². The fraction of sp³-hybridized carbons (Fsp3) is 0. The third-order valence-corrected chi connectivity index (χ3v) is 0.167. The number of carboxylic acid groups (broad SMARTS) is 2. The molecule has 50 valence electrons. The van der Waals surface area contributed by atoms with Gasteiger partial charge in [0.15, 0.2) is 0 Å². The second-order valence-corrected chi connectivity index (χ2v) is 0.657. The molecule has 4 nitrogen and oxygen atoms in total. The van der Waals surface area contributed by atoms with E-state index in [0.717, 1.165) is 0 Å². The van der Waals surface area contributed by atoms with Crippen LogP contribution in [0.5, 0.6) is 0 Å². The van der Waals surface area contributed by atoms with Gasteiger partial charge in [-0.2, -0.15) is 0 Å². The summed E-state index contributed by atoms with van der Waals surface area (Å²) in [6.45, 7) is 0. The summed E-state index contributed by atoms with van der Waals surface area (Å²) in [6, 6.07) is 0. The molecule has 0 aromatic carbocycles. The Bertz CT molecular complexity index is 97.4. The zero-order valence-corrected chi connectivity index (χ0v) is 4.97. The van der Waals surface area contributed by atoms with Crippen LogP contribution in [-0.4, -0.2) is 19.8 Å². The van der Waals surface area contributed by atoms with Gasteiger partial charge >= 0.3 is 35.3 Å². The number of carbonyl (C=O) groups excluding carboxylic acids is 2. The van der Waals surface area contributed by atoms with E-state index in [2.05, 4.69) is 0 Å². The third-order valence-electron chi connectivity index (χ3n) is 0.167. The fourth-order valence-electron chi connectivity index (χ4n) is 0. The topological polar surface area (TPSA) is 80.3 Å². The van der Waals surface area contributed by atoms with E-state index in [1.165, 1.54) is 0 Å². The largest absolute Gasteiger partial charge is 1.00 e. The van der Waals surface area contributed by atoms with E-state index < -0.39 is 19.8 Å². The Hall–Kier alpha value is -0.538. The molecule has 10 heavy (non-hydrogen) atoms. The summed E-state index contributed by atoms with van der Waals surface area (Å²) >= 11 is 0. The Labute approximate surface area is 67.7 Å². The summed E-state index contributed by atoms with van der Waals surface area (Å²) in [7, 11) is -1.00. The Morgan fingerprint density at radius 2 is 1.20 bits per heavy atom. The number of carboxylic acids is 2. The van der Waals surface area contributed by atoms with Crippen LogP contribution in [0.25, 0.3) is 0 Å². The quantitative estimate of drug-likeness (QED) is 0.250. The van der Waals surface area contributed by atoms with Crippen LogP contribution in [0.3, 0.4) is 0 Å². The van der Waals surface area contributed by atoms with Crippen molar-refractivity contribution in [3.63, 3.8) is 0 Å². The first-order chi connectivity index (χ1) is 4.06. The summed E-state index contributed by atoms with van der Waals surface area (Å²) < 4.78 is 19.0. The van der Waals surface area contributed by atoms with Crippen molar-refractivity contribution in [2.75, 3.05) is 0 Å². The SMILES string of the molecule is F[B+]F.O=C([O-])C(=O)[O-].[Li+]. The molecule has 0 fully saturated rings. The van der Waals surface area contributed by atoms with E-state index >= 15 is 0 Å². The van der Waals surface area contributed by atoms with Crippen LogP contribution in [0.4, 0.5) is 8.63 Å². The number of hydrogen-bond donors (Lipinski definition) is 0. The van der Waals surface area contributed by atoms with E-state index in [-0.39, 0.29) is 18.9 Å². The molecule has 0 radical (unpaired) electrons. The molecular formula is C2BF2LiO4. The third kappa shape index (κ3) is 26.0. The van der Waals surface area contributed by atoms with E-state index in [0.29, 0.717) is 0 Å². The van der Waals surface area contributed by atoms with Crippen molar-refractivity contribution in [3.8, 4) is 0 Å². The summed E-state index contributed by atoms with van der Waals surface area (Å²) in [5, 5.41) is 17.9. The summed E-state index contributed by atoms with van der Waals surface area (Å²) in [4.78, 5) is 17.9. The molecular weight excluding hydrogens is 144 g/mol. The maximum Gasteiger partial charge on any atom is 1.00 e. The maximum absolute atomic E-state index is 9.50.